The van der Waals surface area contributed by atoms with Crippen molar-refractivity contribution < 1.29 is 22.4 Å². The predicted octanol–water partition coefficient (Wildman–Crippen LogP) is 3.82. The monoisotopic (exact) mass is 448 g/mol. The van der Waals surface area contributed by atoms with Crippen LogP contribution >= 0.6 is 0 Å². The number of ether oxygens (including phenoxy) is 1. The van der Waals surface area contributed by atoms with Crippen molar-refractivity contribution in [1.29, 1.82) is 0 Å². The average Bonchev–Trinajstić information content (AvgIpc) is 3.17. The molecule has 2 aromatic rings. The summed E-state index contributed by atoms with van der Waals surface area (Å²) >= 11 is 0. The van der Waals surface area contributed by atoms with Gasteiger partial charge in [-0.05, 0) is 76.9 Å². The smallest absolute Gasteiger partial charge is 0.243 e. The van der Waals surface area contributed by atoms with Crippen molar-refractivity contribution in [2.24, 2.45) is 5.92 Å². The molecule has 8 heteroatoms. The van der Waals surface area contributed by atoms with Gasteiger partial charge in [-0.3, -0.25) is 4.79 Å². The van der Waals surface area contributed by atoms with Gasteiger partial charge in [0.15, 0.2) is 0 Å². The lowest BCUT2D eigenvalue weighted by Gasteiger charge is -2.35. The third-order valence-electron chi connectivity index (χ3n) is 5.60. The van der Waals surface area contributed by atoms with E-state index in [-0.39, 0.29) is 22.8 Å². The number of amides is 1. The highest BCUT2D eigenvalue weighted by molar-refractivity contribution is 7.89. The van der Waals surface area contributed by atoms with E-state index in [2.05, 4.69) is 0 Å². The number of nitrogens with zero attached hydrogens (tertiary/aromatic N) is 2. The summed E-state index contributed by atoms with van der Waals surface area (Å²) in [6.45, 7) is 9.35. The van der Waals surface area contributed by atoms with Crippen LogP contribution in [-0.2, 0) is 21.4 Å². The van der Waals surface area contributed by atoms with Crippen molar-refractivity contribution in [2.45, 2.75) is 58.0 Å². The molecule has 1 fully saturated rings. The third-order valence-corrected chi connectivity index (χ3v) is 7.52. The number of sulfonamides is 1. The van der Waals surface area contributed by atoms with Gasteiger partial charge in [-0.15, -0.1) is 0 Å². The Morgan fingerprint density at radius 2 is 1.81 bits per heavy atom. The first-order chi connectivity index (χ1) is 14.7. The van der Waals surface area contributed by atoms with Crippen LogP contribution in [0.1, 0.15) is 45.1 Å². The van der Waals surface area contributed by atoms with Gasteiger partial charge in [0.05, 0.1) is 18.0 Å². The van der Waals surface area contributed by atoms with Gasteiger partial charge >= 0.3 is 0 Å². The van der Waals surface area contributed by atoms with E-state index >= 15 is 0 Å². The van der Waals surface area contributed by atoms with Crippen molar-refractivity contribution in [3.05, 3.63) is 47.9 Å². The number of hydrogen-bond donors (Lipinski definition) is 0. The molecule has 0 atom stereocenters. The summed E-state index contributed by atoms with van der Waals surface area (Å²) in [5.74, 6) is 2.09. The Labute approximate surface area is 185 Å². The average molecular weight is 449 g/mol. The lowest BCUT2D eigenvalue weighted by Crippen LogP contribution is -2.46. The minimum absolute atomic E-state index is 0.0310. The second-order valence-corrected chi connectivity index (χ2v) is 10.1. The van der Waals surface area contributed by atoms with Gasteiger partial charge in [0.1, 0.15) is 17.3 Å². The summed E-state index contributed by atoms with van der Waals surface area (Å²) in [7, 11) is -3.59. The molecule has 7 nitrogen and oxygen atoms in total. The zero-order chi connectivity index (χ0) is 22.6. The minimum Gasteiger partial charge on any atom is -0.494 e. The van der Waals surface area contributed by atoms with Crippen LogP contribution in [0.2, 0.25) is 0 Å². The zero-order valence-corrected chi connectivity index (χ0v) is 19.5. The Morgan fingerprint density at radius 3 is 2.32 bits per heavy atom. The molecule has 3 rings (SSSR count). The third kappa shape index (κ3) is 5.49. The fourth-order valence-corrected chi connectivity index (χ4v) is 5.32. The first-order valence-electron chi connectivity index (χ1n) is 10.8. The number of aryl methyl sites for hydroxylation is 1. The quantitative estimate of drug-likeness (QED) is 0.613. The van der Waals surface area contributed by atoms with Crippen LogP contribution in [0, 0.1) is 12.8 Å². The summed E-state index contributed by atoms with van der Waals surface area (Å²) in [4.78, 5) is 15.2. The first kappa shape index (κ1) is 23.3. The Balaban J connectivity index is 1.63. The standard InChI is InChI=1S/C23H32N2O5S/c1-5-29-20-8-10-22(11-9-20)31(27,28)24-14-12-19(13-15-24)23(26)25(17(2)3)16-21-7-6-18(4)30-21/h6-11,17,19H,5,12-16H2,1-4H3. The van der Waals surface area contributed by atoms with Crippen LogP contribution in [-0.4, -0.2) is 49.3 Å². The largest absolute Gasteiger partial charge is 0.494 e. The highest BCUT2D eigenvalue weighted by Crippen LogP contribution is 2.27. The second kappa shape index (κ2) is 9.87. The van der Waals surface area contributed by atoms with Crippen LogP contribution in [0.3, 0.4) is 0 Å². The number of carbonyl (C=O) groups is 1. The first-order valence-corrected chi connectivity index (χ1v) is 12.2. The maximum Gasteiger partial charge on any atom is 0.243 e. The molecule has 1 aromatic heterocycles. The minimum atomic E-state index is -3.59. The van der Waals surface area contributed by atoms with E-state index in [0.29, 0.717) is 44.8 Å². The molecule has 0 unspecified atom stereocenters. The number of carbonyl (C=O) groups excluding carboxylic acids is 1. The molecular formula is C23H32N2O5S. The number of benzene rings is 1. The van der Waals surface area contributed by atoms with E-state index < -0.39 is 10.0 Å². The predicted molar refractivity (Wildman–Crippen MR) is 118 cm³/mol. The van der Waals surface area contributed by atoms with Gasteiger partial charge in [0.25, 0.3) is 0 Å². The summed E-state index contributed by atoms with van der Waals surface area (Å²) < 4.78 is 38.5. The van der Waals surface area contributed by atoms with Gasteiger partial charge in [0, 0.05) is 25.0 Å². The van der Waals surface area contributed by atoms with Gasteiger partial charge in [-0.25, -0.2) is 8.42 Å². The summed E-state index contributed by atoms with van der Waals surface area (Å²) in [5.41, 5.74) is 0. The van der Waals surface area contributed by atoms with E-state index in [1.54, 1.807) is 24.3 Å². The molecule has 0 bridgehead atoms. The fraction of sp³-hybridized carbons (Fsp3) is 0.522. The molecule has 1 aromatic carbocycles. The molecular weight excluding hydrogens is 416 g/mol. The maximum absolute atomic E-state index is 13.2. The Kier molecular flexibility index (Phi) is 7.43. The Bertz CT molecular complexity index is 974. The van der Waals surface area contributed by atoms with E-state index in [1.807, 2.05) is 44.7 Å². The normalized spacial score (nSPS) is 15.9. The topological polar surface area (TPSA) is 80.1 Å². The molecule has 0 aliphatic carbocycles. The van der Waals surface area contributed by atoms with Crippen LogP contribution in [0.4, 0.5) is 0 Å². The van der Waals surface area contributed by atoms with Crippen molar-refractivity contribution in [2.75, 3.05) is 19.7 Å². The van der Waals surface area contributed by atoms with Crippen molar-refractivity contribution in [1.82, 2.24) is 9.21 Å². The molecule has 0 spiro atoms. The number of rotatable bonds is 8. The van der Waals surface area contributed by atoms with Crippen molar-refractivity contribution in [3.63, 3.8) is 0 Å². The number of hydrogen-bond acceptors (Lipinski definition) is 5. The van der Waals surface area contributed by atoms with E-state index in [1.165, 1.54) is 4.31 Å². The van der Waals surface area contributed by atoms with Crippen LogP contribution in [0.25, 0.3) is 0 Å². The van der Waals surface area contributed by atoms with Crippen LogP contribution in [0.15, 0.2) is 45.7 Å². The molecule has 1 aliphatic rings. The summed E-state index contributed by atoms with van der Waals surface area (Å²) in [6, 6.07) is 10.3. The van der Waals surface area contributed by atoms with Gasteiger partial charge in [-0.1, -0.05) is 0 Å². The van der Waals surface area contributed by atoms with Crippen LogP contribution < -0.4 is 4.74 Å². The molecule has 2 heterocycles. The Hall–Kier alpha value is -2.32. The van der Waals surface area contributed by atoms with E-state index in [0.717, 1.165) is 11.5 Å². The van der Waals surface area contributed by atoms with Crippen LogP contribution in [0.5, 0.6) is 5.75 Å². The van der Waals surface area contributed by atoms with E-state index in [9.17, 15) is 13.2 Å². The van der Waals surface area contributed by atoms with Gasteiger partial charge < -0.3 is 14.1 Å². The SMILES string of the molecule is CCOc1ccc(S(=O)(=O)N2CCC(C(=O)N(Cc3ccc(C)o3)C(C)C)CC2)cc1. The Morgan fingerprint density at radius 1 is 1.16 bits per heavy atom. The van der Waals surface area contributed by atoms with Gasteiger partial charge in [0.2, 0.25) is 15.9 Å². The molecule has 0 N–H and O–H groups in total. The van der Waals surface area contributed by atoms with Gasteiger partial charge in [-0.2, -0.15) is 4.31 Å². The highest BCUT2D eigenvalue weighted by atomic mass is 32.2. The molecule has 1 amide bonds. The zero-order valence-electron chi connectivity index (χ0n) is 18.7. The summed E-state index contributed by atoms with van der Waals surface area (Å²) in [6.07, 6.45) is 1.02. The van der Waals surface area contributed by atoms with Crippen molar-refractivity contribution >= 4 is 15.9 Å². The number of furan rings is 1. The molecule has 1 saturated heterocycles. The molecule has 31 heavy (non-hydrogen) atoms. The molecule has 0 saturated carbocycles. The molecule has 170 valence electrons. The maximum atomic E-state index is 13.2. The lowest BCUT2D eigenvalue weighted by molar-refractivity contribution is -0.139. The lowest BCUT2D eigenvalue weighted by atomic mass is 9.96. The van der Waals surface area contributed by atoms with E-state index in [4.69, 9.17) is 9.15 Å². The van der Waals surface area contributed by atoms with Crippen molar-refractivity contribution in [3.8, 4) is 5.75 Å². The highest BCUT2D eigenvalue weighted by Gasteiger charge is 2.34. The second-order valence-electron chi connectivity index (χ2n) is 8.16. The number of piperidine rings is 1. The molecule has 0 radical (unpaired) electrons. The summed E-state index contributed by atoms with van der Waals surface area (Å²) in [5, 5.41) is 0. The molecule has 1 aliphatic heterocycles. The fourth-order valence-electron chi connectivity index (χ4n) is 3.85.